The average Bonchev–Trinajstić information content (AvgIpc) is 2.95. The van der Waals surface area contributed by atoms with Gasteiger partial charge in [0.05, 0.1) is 0 Å². The Morgan fingerprint density at radius 2 is 1.85 bits per heavy atom. The summed E-state index contributed by atoms with van der Waals surface area (Å²) < 4.78 is 13.0. The van der Waals surface area contributed by atoms with Gasteiger partial charge in [0.25, 0.3) is 0 Å². The van der Waals surface area contributed by atoms with Crippen LogP contribution in [0, 0.1) is 5.82 Å². The Morgan fingerprint density at radius 1 is 1.12 bits per heavy atom. The molecule has 5 nitrogen and oxygen atoms in total. The molecule has 26 heavy (non-hydrogen) atoms. The molecule has 0 radical (unpaired) electrons. The SMILES string of the molecule is O=C(CN1CCN(Cc2ccccc2)C1=O)NCc1ccc(F)cc1Cl. The van der Waals surface area contributed by atoms with Crippen LogP contribution in [0.3, 0.4) is 0 Å². The van der Waals surface area contributed by atoms with E-state index in [0.29, 0.717) is 25.2 Å². The van der Waals surface area contributed by atoms with Crippen molar-refractivity contribution in [2.75, 3.05) is 19.6 Å². The Hall–Kier alpha value is -2.60. The molecular formula is C19H19ClFN3O2. The summed E-state index contributed by atoms with van der Waals surface area (Å²) in [5.41, 5.74) is 1.68. The van der Waals surface area contributed by atoms with Gasteiger partial charge in [0, 0.05) is 31.2 Å². The van der Waals surface area contributed by atoms with Crippen LogP contribution < -0.4 is 5.32 Å². The van der Waals surface area contributed by atoms with Crippen molar-refractivity contribution >= 4 is 23.5 Å². The van der Waals surface area contributed by atoms with Crippen molar-refractivity contribution < 1.29 is 14.0 Å². The van der Waals surface area contributed by atoms with Crippen molar-refractivity contribution in [3.05, 3.63) is 70.5 Å². The second kappa shape index (κ2) is 8.19. The zero-order valence-corrected chi connectivity index (χ0v) is 14.9. The maximum Gasteiger partial charge on any atom is 0.320 e. The molecule has 136 valence electrons. The van der Waals surface area contributed by atoms with Crippen molar-refractivity contribution in [1.29, 1.82) is 0 Å². The van der Waals surface area contributed by atoms with Gasteiger partial charge in [-0.05, 0) is 23.3 Å². The number of nitrogens with one attached hydrogen (secondary N) is 1. The topological polar surface area (TPSA) is 52.7 Å². The first kappa shape index (κ1) is 18.2. The largest absolute Gasteiger partial charge is 0.350 e. The first-order valence-electron chi connectivity index (χ1n) is 8.31. The van der Waals surface area contributed by atoms with E-state index in [1.54, 1.807) is 4.90 Å². The number of benzene rings is 2. The number of rotatable bonds is 6. The molecule has 1 heterocycles. The zero-order chi connectivity index (χ0) is 18.5. The molecular weight excluding hydrogens is 357 g/mol. The highest BCUT2D eigenvalue weighted by Crippen LogP contribution is 2.17. The molecule has 1 fully saturated rings. The van der Waals surface area contributed by atoms with E-state index >= 15 is 0 Å². The number of urea groups is 1. The average molecular weight is 376 g/mol. The summed E-state index contributed by atoms with van der Waals surface area (Å²) in [4.78, 5) is 27.8. The van der Waals surface area contributed by atoms with E-state index in [1.807, 2.05) is 30.3 Å². The number of amides is 3. The van der Waals surface area contributed by atoms with E-state index in [9.17, 15) is 14.0 Å². The maximum absolute atomic E-state index is 13.0. The summed E-state index contributed by atoms with van der Waals surface area (Å²) in [6, 6.07) is 13.6. The second-order valence-electron chi connectivity index (χ2n) is 6.12. The van der Waals surface area contributed by atoms with E-state index < -0.39 is 5.82 Å². The number of hydrogen-bond acceptors (Lipinski definition) is 2. The van der Waals surface area contributed by atoms with Crippen LogP contribution in [0.4, 0.5) is 9.18 Å². The monoisotopic (exact) mass is 375 g/mol. The summed E-state index contributed by atoms with van der Waals surface area (Å²) in [5.74, 6) is -0.702. The van der Waals surface area contributed by atoms with E-state index in [0.717, 1.165) is 5.56 Å². The highest BCUT2D eigenvalue weighted by Gasteiger charge is 2.29. The molecule has 3 rings (SSSR count). The fourth-order valence-corrected chi connectivity index (χ4v) is 3.05. The van der Waals surface area contributed by atoms with Crippen LogP contribution in [0.1, 0.15) is 11.1 Å². The lowest BCUT2D eigenvalue weighted by molar-refractivity contribution is -0.121. The van der Waals surface area contributed by atoms with Crippen LogP contribution in [-0.4, -0.2) is 41.4 Å². The Labute approximate surface area is 156 Å². The van der Waals surface area contributed by atoms with E-state index in [2.05, 4.69) is 5.32 Å². The van der Waals surface area contributed by atoms with Crippen LogP contribution >= 0.6 is 11.6 Å². The summed E-state index contributed by atoms with van der Waals surface area (Å²) in [7, 11) is 0. The Morgan fingerprint density at radius 3 is 2.58 bits per heavy atom. The molecule has 3 amide bonds. The fourth-order valence-electron chi connectivity index (χ4n) is 2.82. The quantitative estimate of drug-likeness (QED) is 0.843. The third kappa shape index (κ3) is 4.52. The molecule has 0 aromatic heterocycles. The first-order valence-corrected chi connectivity index (χ1v) is 8.69. The first-order chi connectivity index (χ1) is 12.5. The Kier molecular flexibility index (Phi) is 5.73. The van der Waals surface area contributed by atoms with Crippen molar-refractivity contribution in [2.45, 2.75) is 13.1 Å². The molecule has 1 N–H and O–H groups in total. The third-order valence-electron chi connectivity index (χ3n) is 4.22. The Bertz CT molecular complexity index is 801. The summed E-state index contributed by atoms with van der Waals surface area (Å²) >= 11 is 5.94. The lowest BCUT2D eigenvalue weighted by Gasteiger charge is -2.18. The predicted molar refractivity (Wildman–Crippen MR) is 97.1 cm³/mol. The molecule has 1 aliphatic heterocycles. The highest BCUT2D eigenvalue weighted by molar-refractivity contribution is 6.31. The molecule has 1 aliphatic rings. The minimum absolute atomic E-state index is 0.0110. The molecule has 2 aromatic rings. The van der Waals surface area contributed by atoms with Crippen LogP contribution in [-0.2, 0) is 17.9 Å². The van der Waals surface area contributed by atoms with Crippen molar-refractivity contribution in [3.63, 3.8) is 0 Å². The minimum Gasteiger partial charge on any atom is -0.350 e. The summed E-state index contributed by atoms with van der Waals surface area (Å²) in [5, 5.41) is 2.97. The lowest BCUT2D eigenvalue weighted by atomic mass is 10.2. The molecule has 1 saturated heterocycles. The van der Waals surface area contributed by atoms with Crippen molar-refractivity contribution in [1.82, 2.24) is 15.1 Å². The second-order valence-corrected chi connectivity index (χ2v) is 6.53. The van der Waals surface area contributed by atoms with Gasteiger partial charge < -0.3 is 15.1 Å². The number of nitrogens with zero attached hydrogens (tertiary/aromatic N) is 2. The molecule has 0 saturated carbocycles. The minimum atomic E-state index is -0.425. The summed E-state index contributed by atoms with van der Waals surface area (Å²) in [6.45, 7) is 1.81. The van der Waals surface area contributed by atoms with Crippen LogP contribution in [0.2, 0.25) is 5.02 Å². The standard InChI is InChI=1S/C19H19ClFN3O2/c20-17-10-16(21)7-6-15(17)11-22-18(25)13-24-9-8-23(19(24)26)12-14-4-2-1-3-5-14/h1-7,10H,8-9,11-13H2,(H,22,25). The van der Waals surface area contributed by atoms with Crippen LogP contribution in [0.25, 0.3) is 0 Å². The molecule has 0 unspecified atom stereocenters. The van der Waals surface area contributed by atoms with Gasteiger partial charge in [0.2, 0.25) is 5.91 Å². The molecule has 0 bridgehead atoms. The normalized spacial score (nSPS) is 14.0. The fraction of sp³-hybridized carbons (Fsp3) is 0.263. The van der Waals surface area contributed by atoms with Gasteiger partial charge in [-0.2, -0.15) is 0 Å². The van der Waals surface area contributed by atoms with Crippen molar-refractivity contribution in [3.8, 4) is 0 Å². The van der Waals surface area contributed by atoms with Gasteiger partial charge in [0.1, 0.15) is 12.4 Å². The van der Waals surface area contributed by atoms with Gasteiger partial charge in [0.15, 0.2) is 0 Å². The molecule has 7 heteroatoms. The van der Waals surface area contributed by atoms with Crippen LogP contribution in [0.15, 0.2) is 48.5 Å². The third-order valence-corrected chi connectivity index (χ3v) is 4.57. The molecule has 0 aliphatic carbocycles. The maximum atomic E-state index is 13.0. The number of carbonyl (C=O) groups excluding carboxylic acids is 2. The zero-order valence-electron chi connectivity index (χ0n) is 14.1. The number of carbonyl (C=O) groups is 2. The van der Waals surface area contributed by atoms with Gasteiger partial charge >= 0.3 is 6.03 Å². The van der Waals surface area contributed by atoms with Crippen LogP contribution in [0.5, 0.6) is 0 Å². The molecule has 0 spiro atoms. The summed E-state index contributed by atoms with van der Waals surface area (Å²) in [6.07, 6.45) is 0. The van der Waals surface area contributed by atoms with Gasteiger partial charge in [-0.3, -0.25) is 4.79 Å². The molecule has 0 atom stereocenters. The smallest absolute Gasteiger partial charge is 0.320 e. The van der Waals surface area contributed by atoms with Gasteiger partial charge in [-0.25, -0.2) is 9.18 Å². The van der Waals surface area contributed by atoms with E-state index in [4.69, 9.17) is 11.6 Å². The van der Waals surface area contributed by atoms with Crippen molar-refractivity contribution in [2.24, 2.45) is 0 Å². The Balaban J connectivity index is 1.49. The van der Waals surface area contributed by atoms with Gasteiger partial charge in [-0.1, -0.05) is 48.0 Å². The van der Waals surface area contributed by atoms with E-state index in [-0.39, 0.29) is 30.1 Å². The number of hydrogen-bond donors (Lipinski definition) is 1. The molecule has 2 aromatic carbocycles. The highest BCUT2D eigenvalue weighted by atomic mass is 35.5. The van der Waals surface area contributed by atoms with Gasteiger partial charge in [-0.15, -0.1) is 0 Å². The lowest BCUT2D eigenvalue weighted by Crippen LogP contribution is -2.39. The van der Waals surface area contributed by atoms with E-state index in [1.165, 1.54) is 23.1 Å². The predicted octanol–water partition coefficient (Wildman–Crippen LogP) is 3.03. The number of halogens is 2.